The van der Waals surface area contributed by atoms with Gasteiger partial charge >= 0.3 is 0 Å². The molecule has 2 aromatic rings. The Labute approximate surface area is 178 Å². The van der Waals surface area contributed by atoms with E-state index >= 15 is 0 Å². The number of aliphatic hydroxyl groups excluding tert-OH is 1. The Hall–Kier alpha value is -2.14. The second-order valence-corrected chi connectivity index (χ2v) is 9.55. The van der Waals surface area contributed by atoms with E-state index in [1.54, 1.807) is 11.8 Å². The number of hydrogen-bond acceptors (Lipinski definition) is 7. The van der Waals surface area contributed by atoms with Gasteiger partial charge in [-0.3, -0.25) is 14.7 Å². The van der Waals surface area contributed by atoms with E-state index in [2.05, 4.69) is 10.2 Å². The first-order chi connectivity index (χ1) is 14.1. The highest BCUT2D eigenvalue weighted by Crippen LogP contribution is 2.38. The number of aryl methyl sites for hydroxylation is 1. The van der Waals surface area contributed by atoms with Crippen LogP contribution in [-0.4, -0.2) is 61.2 Å². The summed E-state index contributed by atoms with van der Waals surface area (Å²) in [7, 11) is -3.70. The number of H-pyrrole nitrogens is 2. The minimum Gasteiger partial charge on any atom is -0.366 e. The Bertz CT molecular complexity index is 1120. The minimum absolute atomic E-state index is 0.00731. The molecule has 0 aliphatic carbocycles. The van der Waals surface area contributed by atoms with Crippen molar-refractivity contribution in [3.63, 3.8) is 0 Å². The molecule has 0 spiro atoms. The molecule has 30 heavy (non-hydrogen) atoms. The predicted molar refractivity (Wildman–Crippen MR) is 112 cm³/mol. The standard InChI is InChI=1S/C19H24ClN3O6S/c1-4-10-8-23(9-14(24)29-10)17-13(30(3,27)28)7-6-11(16(17)20)18(25)15-12(5-2)21-22-19(15)26/h6-7,10,14,24H,4-5,8-9H2,1-3H3,(H2,21,22,26). The molecule has 0 saturated carbocycles. The molecule has 3 N–H and O–H groups in total. The number of aromatic nitrogens is 2. The lowest BCUT2D eigenvalue weighted by atomic mass is 10.0. The van der Waals surface area contributed by atoms with Crippen molar-refractivity contribution in [1.29, 1.82) is 0 Å². The van der Waals surface area contributed by atoms with Crippen LogP contribution in [0.4, 0.5) is 5.69 Å². The number of morpholine rings is 1. The number of nitrogens with zero attached hydrogens (tertiary/aromatic N) is 1. The third-order valence-electron chi connectivity index (χ3n) is 5.08. The number of sulfone groups is 1. The summed E-state index contributed by atoms with van der Waals surface area (Å²) < 4.78 is 30.3. The fourth-order valence-electron chi connectivity index (χ4n) is 3.58. The third kappa shape index (κ3) is 4.18. The maximum absolute atomic E-state index is 13.1. The molecule has 2 atom stereocenters. The Balaban J connectivity index is 2.19. The van der Waals surface area contributed by atoms with Gasteiger partial charge in [-0.05, 0) is 25.0 Å². The maximum atomic E-state index is 13.1. The molecule has 2 unspecified atom stereocenters. The number of carbonyl (C=O) groups excluding carboxylic acids is 1. The molecule has 3 rings (SSSR count). The molecule has 1 saturated heterocycles. The van der Waals surface area contributed by atoms with E-state index in [4.69, 9.17) is 16.3 Å². The molecule has 1 fully saturated rings. The quantitative estimate of drug-likeness (QED) is 0.559. The molecule has 1 aliphatic rings. The third-order valence-corrected chi connectivity index (χ3v) is 6.59. The van der Waals surface area contributed by atoms with E-state index in [0.29, 0.717) is 25.1 Å². The van der Waals surface area contributed by atoms with E-state index in [9.17, 15) is 23.1 Å². The van der Waals surface area contributed by atoms with Crippen LogP contribution in [0.25, 0.3) is 0 Å². The Kier molecular flexibility index (Phi) is 6.42. The second-order valence-electron chi connectivity index (χ2n) is 7.19. The van der Waals surface area contributed by atoms with Gasteiger partial charge in [-0.2, -0.15) is 0 Å². The van der Waals surface area contributed by atoms with Gasteiger partial charge in [0.15, 0.2) is 16.1 Å². The molecule has 0 radical (unpaired) electrons. The number of rotatable bonds is 6. The van der Waals surface area contributed by atoms with Crippen LogP contribution in [0.3, 0.4) is 0 Å². The lowest BCUT2D eigenvalue weighted by molar-refractivity contribution is -0.143. The minimum atomic E-state index is -3.70. The molecule has 0 bridgehead atoms. The van der Waals surface area contributed by atoms with Crippen molar-refractivity contribution in [2.75, 3.05) is 24.2 Å². The number of carbonyl (C=O) groups is 1. The van der Waals surface area contributed by atoms with Crippen molar-refractivity contribution in [3.8, 4) is 0 Å². The van der Waals surface area contributed by atoms with Gasteiger partial charge in [-0.1, -0.05) is 25.4 Å². The smallest absolute Gasteiger partial charge is 0.275 e. The van der Waals surface area contributed by atoms with Gasteiger partial charge in [-0.25, -0.2) is 8.42 Å². The van der Waals surface area contributed by atoms with Gasteiger partial charge in [0.25, 0.3) is 5.56 Å². The van der Waals surface area contributed by atoms with Crippen molar-refractivity contribution < 1.29 is 23.1 Å². The number of ketones is 1. The molecule has 164 valence electrons. The van der Waals surface area contributed by atoms with Crippen molar-refractivity contribution in [1.82, 2.24) is 10.2 Å². The van der Waals surface area contributed by atoms with Gasteiger partial charge in [-0.15, -0.1) is 0 Å². The zero-order chi connectivity index (χ0) is 22.2. The lowest BCUT2D eigenvalue weighted by Crippen LogP contribution is -2.48. The second kappa shape index (κ2) is 8.54. The molecular weight excluding hydrogens is 434 g/mol. The van der Waals surface area contributed by atoms with Crippen LogP contribution in [0.5, 0.6) is 0 Å². The number of ether oxygens (including phenoxy) is 1. The Morgan fingerprint density at radius 1 is 1.30 bits per heavy atom. The van der Waals surface area contributed by atoms with E-state index in [0.717, 1.165) is 6.26 Å². The van der Waals surface area contributed by atoms with Gasteiger partial charge in [0, 0.05) is 24.1 Å². The number of aromatic amines is 2. The van der Waals surface area contributed by atoms with Crippen LogP contribution in [-0.2, 0) is 21.0 Å². The fourth-order valence-corrected chi connectivity index (χ4v) is 4.90. The molecule has 0 amide bonds. The van der Waals surface area contributed by atoms with Crippen LogP contribution in [0.1, 0.15) is 41.9 Å². The van der Waals surface area contributed by atoms with Crippen molar-refractivity contribution in [2.45, 2.75) is 44.0 Å². The number of nitrogens with one attached hydrogen (secondary N) is 2. The van der Waals surface area contributed by atoms with Crippen LogP contribution in [0, 0.1) is 0 Å². The summed E-state index contributed by atoms with van der Waals surface area (Å²) in [6.07, 6.45) is 0.585. The normalized spacial score (nSPS) is 19.8. The predicted octanol–water partition coefficient (Wildman–Crippen LogP) is 1.49. The fraction of sp³-hybridized carbons (Fsp3) is 0.474. The van der Waals surface area contributed by atoms with Crippen LogP contribution in [0.2, 0.25) is 5.02 Å². The topological polar surface area (TPSA) is 133 Å². The number of anilines is 1. The van der Waals surface area contributed by atoms with Gasteiger partial charge < -0.3 is 19.8 Å². The van der Waals surface area contributed by atoms with Crippen molar-refractivity contribution >= 4 is 32.9 Å². The van der Waals surface area contributed by atoms with E-state index in [1.807, 2.05) is 6.92 Å². The Morgan fingerprint density at radius 3 is 2.60 bits per heavy atom. The summed E-state index contributed by atoms with van der Waals surface area (Å²) in [6.45, 7) is 3.94. The molecule has 1 aromatic heterocycles. The van der Waals surface area contributed by atoms with E-state index in [1.165, 1.54) is 12.1 Å². The summed E-state index contributed by atoms with van der Waals surface area (Å²) in [6, 6.07) is 2.61. The van der Waals surface area contributed by atoms with Gasteiger partial charge in [0.1, 0.15) is 5.56 Å². The largest absolute Gasteiger partial charge is 0.366 e. The zero-order valence-corrected chi connectivity index (χ0v) is 18.4. The molecule has 9 nitrogen and oxygen atoms in total. The average Bonchev–Trinajstić information content (AvgIpc) is 3.06. The Morgan fingerprint density at radius 2 is 2.00 bits per heavy atom. The average molecular weight is 458 g/mol. The zero-order valence-electron chi connectivity index (χ0n) is 16.9. The summed E-state index contributed by atoms with van der Waals surface area (Å²) >= 11 is 6.58. The number of aliphatic hydroxyl groups is 1. The highest BCUT2D eigenvalue weighted by Gasteiger charge is 2.33. The van der Waals surface area contributed by atoms with Gasteiger partial charge in [0.2, 0.25) is 5.78 Å². The summed E-state index contributed by atoms with van der Waals surface area (Å²) in [4.78, 5) is 26.8. The highest BCUT2D eigenvalue weighted by molar-refractivity contribution is 7.90. The first kappa shape index (κ1) is 22.5. The van der Waals surface area contributed by atoms with Crippen LogP contribution < -0.4 is 10.5 Å². The summed E-state index contributed by atoms with van der Waals surface area (Å²) in [5.74, 6) is -0.610. The maximum Gasteiger partial charge on any atom is 0.275 e. The van der Waals surface area contributed by atoms with E-state index in [-0.39, 0.29) is 39.4 Å². The SMILES string of the molecule is CCc1[nH][nH]c(=O)c1C(=O)c1ccc(S(C)(=O)=O)c(N2CC(O)OC(CC)C2)c1Cl. The van der Waals surface area contributed by atoms with Crippen molar-refractivity contribution in [3.05, 3.63) is 44.3 Å². The van der Waals surface area contributed by atoms with E-state index < -0.39 is 27.5 Å². The number of hydrogen-bond donors (Lipinski definition) is 3. The monoisotopic (exact) mass is 457 g/mol. The molecule has 1 aromatic carbocycles. The molecule has 2 heterocycles. The van der Waals surface area contributed by atoms with Crippen molar-refractivity contribution in [2.24, 2.45) is 0 Å². The number of halogens is 1. The first-order valence-electron chi connectivity index (χ1n) is 9.53. The number of β-amino-alcohol motifs (C(OH)–C–C–N with tert-alkyl or cyclic N) is 1. The first-order valence-corrected chi connectivity index (χ1v) is 11.8. The summed E-state index contributed by atoms with van der Waals surface area (Å²) in [5.41, 5.74) is -0.0771. The molecule has 11 heteroatoms. The summed E-state index contributed by atoms with van der Waals surface area (Å²) in [5, 5.41) is 15.1. The molecular formula is C19H24ClN3O6S. The highest BCUT2D eigenvalue weighted by atomic mass is 35.5. The molecule has 1 aliphatic heterocycles. The van der Waals surface area contributed by atoms with Gasteiger partial charge in [0.05, 0.1) is 28.3 Å². The van der Waals surface area contributed by atoms with Crippen LogP contribution in [0.15, 0.2) is 21.8 Å². The number of benzene rings is 1. The van der Waals surface area contributed by atoms with Crippen LogP contribution >= 0.6 is 11.6 Å². The lowest BCUT2D eigenvalue weighted by Gasteiger charge is -2.38.